The average Bonchev–Trinajstić information content (AvgIpc) is 2.84. The number of piperidine rings is 1. The van der Waals surface area contributed by atoms with Crippen molar-refractivity contribution in [3.05, 3.63) is 59.2 Å². The molecule has 0 aliphatic carbocycles. The van der Waals surface area contributed by atoms with Crippen LogP contribution < -0.4 is 9.47 Å². The summed E-state index contributed by atoms with van der Waals surface area (Å²) in [5.74, 6) is 0.858. The molecule has 2 aromatic carbocycles. The van der Waals surface area contributed by atoms with E-state index < -0.39 is 6.09 Å². The maximum Gasteiger partial charge on any atom is 0.410 e. The number of rotatable bonds is 8. The van der Waals surface area contributed by atoms with E-state index in [2.05, 4.69) is 0 Å². The van der Waals surface area contributed by atoms with Gasteiger partial charge in [-0.05, 0) is 43.0 Å². The topological polar surface area (TPSA) is 74.3 Å². The number of esters is 1. The van der Waals surface area contributed by atoms with E-state index in [0.717, 1.165) is 34.6 Å². The first kappa shape index (κ1) is 23.4. The summed E-state index contributed by atoms with van der Waals surface area (Å²) in [4.78, 5) is 26.6. The Labute approximate surface area is 189 Å². The second-order valence-electron chi connectivity index (χ2n) is 7.87. The first-order valence-electron chi connectivity index (χ1n) is 10.9. The quantitative estimate of drug-likeness (QED) is 0.573. The molecule has 0 radical (unpaired) electrons. The molecule has 32 heavy (non-hydrogen) atoms. The van der Waals surface area contributed by atoms with Crippen LogP contribution in [-0.2, 0) is 27.3 Å². The molecule has 0 spiro atoms. The largest absolute Gasteiger partial charge is 0.496 e. The lowest BCUT2D eigenvalue weighted by Gasteiger charge is -2.30. The van der Waals surface area contributed by atoms with E-state index in [-0.39, 0.29) is 25.1 Å². The zero-order chi connectivity index (χ0) is 22.9. The van der Waals surface area contributed by atoms with Gasteiger partial charge in [0.15, 0.2) is 0 Å². The second kappa shape index (κ2) is 11.4. The zero-order valence-electron chi connectivity index (χ0n) is 19.0. The number of nitrogens with zero attached hydrogens (tertiary/aromatic N) is 1. The second-order valence-corrected chi connectivity index (χ2v) is 7.87. The van der Waals surface area contributed by atoms with E-state index >= 15 is 0 Å². The Balaban J connectivity index is 1.47. The Kier molecular flexibility index (Phi) is 8.36. The first-order valence-corrected chi connectivity index (χ1v) is 10.9. The minimum atomic E-state index is -0.398. The van der Waals surface area contributed by atoms with Crippen LogP contribution in [0, 0.1) is 12.8 Å². The maximum atomic E-state index is 12.6. The van der Waals surface area contributed by atoms with Crippen molar-refractivity contribution < 1.29 is 28.5 Å². The van der Waals surface area contributed by atoms with Crippen molar-refractivity contribution in [1.82, 2.24) is 4.90 Å². The highest BCUT2D eigenvalue weighted by atomic mass is 16.6. The molecule has 0 saturated carbocycles. The van der Waals surface area contributed by atoms with Crippen LogP contribution in [0.4, 0.5) is 4.79 Å². The molecule has 3 rings (SSSR count). The van der Waals surface area contributed by atoms with Crippen LogP contribution in [0.25, 0.3) is 0 Å². The number of likely N-dealkylation sites (tertiary alicyclic amines) is 1. The summed E-state index contributed by atoms with van der Waals surface area (Å²) < 4.78 is 21.7. The van der Waals surface area contributed by atoms with Crippen LogP contribution in [0.15, 0.2) is 42.5 Å². The predicted molar refractivity (Wildman–Crippen MR) is 120 cm³/mol. The van der Waals surface area contributed by atoms with E-state index in [1.807, 2.05) is 49.4 Å². The number of carbonyl (C=O) groups excluding carboxylic acids is 2. The summed E-state index contributed by atoms with van der Waals surface area (Å²) in [5.41, 5.74) is 2.82. The molecule has 0 aromatic heterocycles. The standard InChI is InChI=1S/C25H31NO6/c1-18-22(29-2)14-20(15-23(18)30-3)11-13-31-24(27)21-10-7-12-26(16-21)25(28)32-17-19-8-5-4-6-9-19/h4-6,8-9,14-15,21H,7,10-13,16-17H2,1-3H3/t21-/m1/s1. The van der Waals surface area contributed by atoms with E-state index in [4.69, 9.17) is 18.9 Å². The number of hydrogen-bond acceptors (Lipinski definition) is 6. The Morgan fingerprint density at radius 3 is 2.34 bits per heavy atom. The summed E-state index contributed by atoms with van der Waals surface area (Å²) in [6.07, 6.45) is 1.60. The monoisotopic (exact) mass is 441 g/mol. The highest BCUT2D eigenvalue weighted by molar-refractivity contribution is 5.75. The summed E-state index contributed by atoms with van der Waals surface area (Å²) in [5, 5.41) is 0. The van der Waals surface area contributed by atoms with E-state index in [9.17, 15) is 9.59 Å². The molecule has 1 aliphatic rings. The van der Waals surface area contributed by atoms with Gasteiger partial charge in [0.2, 0.25) is 0 Å². The Hall–Kier alpha value is -3.22. The van der Waals surface area contributed by atoms with Crippen LogP contribution in [-0.4, -0.2) is 50.9 Å². The van der Waals surface area contributed by atoms with Gasteiger partial charge in [0.05, 0.1) is 26.7 Å². The van der Waals surface area contributed by atoms with Gasteiger partial charge < -0.3 is 23.8 Å². The van der Waals surface area contributed by atoms with Gasteiger partial charge in [-0.25, -0.2) is 4.79 Å². The molecule has 2 aromatic rings. The normalized spacial score (nSPS) is 15.7. The van der Waals surface area contributed by atoms with Gasteiger partial charge in [-0.15, -0.1) is 0 Å². The molecule has 1 heterocycles. The molecular weight excluding hydrogens is 410 g/mol. The molecule has 1 atom stereocenters. The highest BCUT2D eigenvalue weighted by Crippen LogP contribution is 2.29. The van der Waals surface area contributed by atoms with Crippen LogP contribution in [0.1, 0.15) is 29.5 Å². The fourth-order valence-electron chi connectivity index (χ4n) is 3.82. The molecule has 1 saturated heterocycles. The third-order valence-electron chi connectivity index (χ3n) is 5.67. The summed E-state index contributed by atoms with van der Waals surface area (Å²) in [6.45, 7) is 3.30. The van der Waals surface area contributed by atoms with Gasteiger partial charge in [0, 0.05) is 25.1 Å². The number of hydrogen-bond donors (Lipinski definition) is 0. The van der Waals surface area contributed by atoms with E-state index in [1.54, 1.807) is 19.1 Å². The minimum absolute atomic E-state index is 0.217. The van der Waals surface area contributed by atoms with Gasteiger partial charge in [0.1, 0.15) is 18.1 Å². The number of benzene rings is 2. The molecule has 0 N–H and O–H groups in total. The third-order valence-corrected chi connectivity index (χ3v) is 5.67. The lowest BCUT2D eigenvalue weighted by molar-refractivity contribution is -0.150. The van der Waals surface area contributed by atoms with Crippen molar-refractivity contribution in [3.63, 3.8) is 0 Å². The van der Waals surface area contributed by atoms with E-state index in [1.165, 1.54) is 0 Å². The lowest BCUT2D eigenvalue weighted by Crippen LogP contribution is -2.43. The molecule has 1 amide bonds. The van der Waals surface area contributed by atoms with Gasteiger partial charge in [-0.2, -0.15) is 0 Å². The van der Waals surface area contributed by atoms with E-state index in [0.29, 0.717) is 25.9 Å². The summed E-state index contributed by atoms with van der Waals surface area (Å²) in [6, 6.07) is 13.4. The number of ether oxygens (including phenoxy) is 4. The van der Waals surface area contributed by atoms with Crippen molar-refractivity contribution in [2.75, 3.05) is 33.9 Å². The minimum Gasteiger partial charge on any atom is -0.496 e. The first-order chi connectivity index (χ1) is 15.5. The van der Waals surface area contributed by atoms with Gasteiger partial charge in [-0.1, -0.05) is 30.3 Å². The molecule has 1 fully saturated rings. The van der Waals surface area contributed by atoms with Crippen molar-refractivity contribution in [1.29, 1.82) is 0 Å². The highest BCUT2D eigenvalue weighted by Gasteiger charge is 2.30. The third kappa shape index (κ3) is 6.15. The molecule has 0 bridgehead atoms. The smallest absolute Gasteiger partial charge is 0.410 e. The van der Waals surface area contributed by atoms with Crippen LogP contribution >= 0.6 is 0 Å². The average molecular weight is 442 g/mol. The lowest BCUT2D eigenvalue weighted by atomic mass is 9.98. The maximum absolute atomic E-state index is 12.6. The van der Waals surface area contributed by atoms with Crippen molar-refractivity contribution in [3.8, 4) is 11.5 Å². The van der Waals surface area contributed by atoms with Crippen molar-refractivity contribution in [2.45, 2.75) is 32.8 Å². The zero-order valence-corrected chi connectivity index (χ0v) is 19.0. The van der Waals surface area contributed by atoms with Gasteiger partial charge >= 0.3 is 12.1 Å². The van der Waals surface area contributed by atoms with Crippen molar-refractivity contribution >= 4 is 12.1 Å². The fraction of sp³-hybridized carbons (Fsp3) is 0.440. The van der Waals surface area contributed by atoms with Crippen LogP contribution in [0.2, 0.25) is 0 Å². The molecule has 172 valence electrons. The van der Waals surface area contributed by atoms with Crippen molar-refractivity contribution in [2.24, 2.45) is 5.92 Å². The molecule has 7 nitrogen and oxygen atoms in total. The molecule has 7 heteroatoms. The number of methoxy groups -OCH3 is 2. The molecular formula is C25H31NO6. The SMILES string of the molecule is COc1cc(CCOC(=O)[C@@H]2CCCN(C(=O)OCc3ccccc3)C2)cc(OC)c1C. The van der Waals surface area contributed by atoms with Crippen LogP contribution in [0.3, 0.4) is 0 Å². The summed E-state index contributed by atoms with van der Waals surface area (Å²) in [7, 11) is 3.23. The van der Waals surface area contributed by atoms with Gasteiger partial charge in [0.25, 0.3) is 0 Å². The molecule has 1 aliphatic heterocycles. The number of carbonyl (C=O) groups is 2. The summed E-state index contributed by atoms with van der Waals surface area (Å²) >= 11 is 0. The Morgan fingerprint density at radius 2 is 1.69 bits per heavy atom. The Morgan fingerprint density at radius 1 is 1.00 bits per heavy atom. The predicted octanol–water partition coefficient (Wildman–Crippen LogP) is 4.15. The molecule has 0 unspecified atom stereocenters. The van der Waals surface area contributed by atoms with Crippen LogP contribution in [0.5, 0.6) is 11.5 Å². The van der Waals surface area contributed by atoms with Gasteiger partial charge in [-0.3, -0.25) is 4.79 Å². The Bertz CT molecular complexity index is 889. The fourth-order valence-corrected chi connectivity index (χ4v) is 3.82. The number of amides is 1.